The van der Waals surface area contributed by atoms with Crippen molar-refractivity contribution in [2.45, 2.75) is 43.1 Å². The van der Waals surface area contributed by atoms with E-state index in [1.807, 2.05) is 0 Å². The molecule has 0 saturated carbocycles. The molecule has 23 nitrogen and oxygen atoms in total. The second-order valence-corrected chi connectivity index (χ2v) is 22.6. The van der Waals surface area contributed by atoms with Gasteiger partial charge in [-0.1, -0.05) is 35.6 Å². The number of hydrogen-bond acceptors (Lipinski definition) is 21. The Bertz CT molecular complexity index is 4000. The van der Waals surface area contributed by atoms with Gasteiger partial charge in [-0.2, -0.15) is 35.6 Å². The number of imidazole rings is 1. The molecule has 3 heterocycles. The number of aliphatic hydroxyl groups excluding tert-OH is 1. The van der Waals surface area contributed by atoms with E-state index < -0.39 is 48.5 Å². The van der Waals surface area contributed by atoms with Gasteiger partial charge >= 0.3 is 0 Å². The number of rotatable bonds is 19. The van der Waals surface area contributed by atoms with Crippen LogP contribution in [0.3, 0.4) is 0 Å². The molecular weight excluding hydrogens is 1050 g/mol. The summed E-state index contributed by atoms with van der Waals surface area (Å²) in [5.74, 6) is -1.04. The predicted molar refractivity (Wildman–Crippen MR) is 272 cm³/mol. The van der Waals surface area contributed by atoms with Gasteiger partial charge in [0.1, 0.15) is 39.2 Å². The van der Waals surface area contributed by atoms with Crippen molar-refractivity contribution in [3.8, 4) is 23.4 Å². The van der Waals surface area contributed by atoms with Gasteiger partial charge in [0.2, 0.25) is 11.0 Å². The van der Waals surface area contributed by atoms with E-state index in [1.54, 1.807) is 62.4 Å². The number of methoxy groups -OCH3 is 1. The average Bonchev–Trinajstić information content (AvgIpc) is 3.95. The molecule has 0 spiro atoms. The lowest BCUT2D eigenvalue weighted by Gasteiger charge is -2.13. The van der Waals surface area contributed by atoms with Gasteiger partial charge in [-0.25, -0.2) is 9.97 Å². The minimum absolute atomic E-state index is 0.0120. The Labute approximate surface area is 423 Å². The number of aliphatic hydroxyl groups is 1. The first-order valence-electron chi connectivity index (χ1n) is 21.4. The molecule has 0 aliphatic rings. The fraction of sp³-hybridized carbons (Fsp3) is 0.222. The quantitative estimate of drug-likeness (QED) is 0.0217. The third kappa shape index (κ3) is 11.6. The van der Waals surface area contributed by atoms with Gasteiger partial charge < -0.3 is 19.7 Å². The molecule has 0 aliphatic heterocycles. The zero-order valence-corrected chi connectivity index (χ0v) is 42.5. The van der Waals surface area contributed by atoms with Gasteiger partial charge in [0.05, 0.1) is 64.6 Å². The summed E-state index contributed by atoms with van der Waals surface area (Å²) in [5.41, 5.74) is 3.10. The molecule has 0 fully saturated rings. The van der Waals surface area contributed by atoms with E-state index in [0.29, 0.717) is 43.0 Å². The third-order valence-electron chi connectivity index (χ3n) is 11.0. The highest BCUT2D eigenvalue weighted by Crippen LogP contribution is 2.45. The minimum atomic E-state index is -4.64. The molecule has 0 saturated heterocycles. The van der Waals surface area contributed by atoms with Crippen LogP contribution < -0.4 is 9.47 Å². The molecule has 5 N–H and O–H groups in total. The van der Waals surface area contributed by atoms with Crippen molar-refractivity contribution in [3.05, 3.63) is 95.1 Å². The number of fused-ring (bicyclic) bond motifs is 6. The number of hydrogen-bond donors (Lipinski definition) is 5. The summed E-state index contributed by atoms with van der Waals surface area (Å²) in [7, 11) is -11.8. The predicted octanol–water partition coefficient (Wildman–Crippen LogP) is 10.5. The largest absolute Gasteiger partial charge is 0.494 e. The average molecular weight is 1090 g/mol. The molecule has 0 radical (unpaired) electrons. The number of aromatic hydroxyl groups is 1. The Kier molecular flexibility index (Phi) is 15.2. The Morgan fingerprint density at radius 1 is 0.795 bits per heavy atom. The van der Waals surface area contributed by atoms with Crippen molar-refractivity contribution in [1.29, 1.82) is 5.26 Å². The number of benzene rings is 5. The Morgan fingerprint density at radius 2 is 1.51 bits per heavy atom. The van der Waals surface area contributed by atoms with Crippen molar-refractivity contribution in [3.63, 3.8) is 0 Å². The second kappa shape index (κ2) is 21.2. The molecule has 378 valence electrons. The fourth-order valence-corrected chi connectivity index (χ4v) is 11.4. The zero-order valence-electron chi connectivity index (χ0n) is 38.4. The van der Waals surface area contributed by atoms with E-state index in [4.69, 9.17) is 9.47 Å². The van der Waals surface area contributed by atoms with Crippen LogP contribution in [0.1, 0.15) is 35.1 Å². The van der Waals surface area contributed by atoms with Crippen molar-refractivity contribution in [2.75, 3.05) is 31.0 Å². The number of pyridine rings is 1. The van der Waals surface area contributed by atoms with Crippen molar-refractivity contribution >= 4 is 125 Å². The first-order valence-corrected chi connectivity index (χ1v) is 27.9. The van der Waals surface area contributed by atoms with Crippen LogP contribution in [0.2, 0.25) is 0 Å². The molecule has 0 bridgehead atoms. The van der Waals surface area contributed by atoms with Crippen LogP contribution in [-0.2, 0) is 37.0 Å². The van der Waals surface area contributed by atoms with E-state index >= 15 is 0 Å². The molecule has 0 unspecified atom stereocenters. The minimum Gasteiger partial charge on any atom is -0.494 e. The van der Waals surface area contributed by atoms with Crippen molar-refractivity contribution in [1.82, 2.24) is 14.4 Å². The van der Waals surface area contributed by atoms with Crippen LogP contribution in [0.4, 0.5) is 33.6 Å². The number of thiazole rings is 1. The fourth-order valence-electron chi connectivity index (χ4n) is 7.53. The van der Waals surface area contributed by atoms with E-state index in [0.717, 1.165) is 11.3 Å². The smallest absolute Gasteiger partial charge is 0.295 e. The maximum Gasteiger partial charge on any atom is 0.295 e. The van der Waals surface area contributed by atoms with Gasteiger partial charge in [-0.15, -0.1) is 37.3 Å². The van der Waals surface area contributed by atoms with E-state index in [2.05, 4.69) is 46.7 Å². The molecule has 3 aromatic heterocycles. The first-order chi connectivity index (χ1) is 34.7. The summed E-state index contributed by atoms with van der Waals surface area (Å²) < 4.78 is 113. The van der Waals surface area contributed by atoms with Crippen molar-refractivity contribution < 1.29 is 58.6 Å². The van der Waals surface area contributed by atoms with Gasteiger partial charge in [-0.3, -0.25) is 18.1 Å². The summed E-state index contributed by atoms with van der Waals surface area (Å²) in [6.07, 6.45) is -0.104. The number of aryl methyl sites for hydroxylation is 1. The summed E-state index contributed by atoms with van der Waals surface area (Å²) in [4.78, 5) is 9.16. The number of ether oxygens (including phenoxy) is 2. The van der Waals surface area contributed by atoms with Crippen LogP contribution in [0.5, 0.6) is 17.4 Å². The van der Waals surface area contributed by atoms with E-state index in [1.165, 1.54) is 47.5 Å². The van der Waals surface area contributed by atoms with Gasteiger partial charge in [0, 0.05) is 27.5 Å². The van der Waals surface area contributed by atoms with Gasteiger partial charge in [0.15, 0.2) is 11.3 Å². The Morgan fingerprint density at radius 3 is 2.22 bits per heavy atom. The first kappa shape index (κ1) is 52.3. The van der Waals surface area contributed by atoms with Gasteiger partial charge in [-0.05, 0) is 85.9 Å². The zero-order chi connectivity index (χ0) is 52.4. The number of aromatic nitrogens is 3. The summed E-state index contributed by atoms with van der Waals surface area (Å²) in [6.45, 7) is 2.40. The van der Waals surface area contributed by atoms with Crippen molar-refractivity contribution in [2.24, 2.45) is 30.7 Å². The van der Waals surface area contributed by atoms with Crippen LogP contribution in [0.15, 0.2) is 113 Å². The Hall–Kier alpha value is -7.07. The second-order valence-electron chi connectivity index (χ2n) is 15.9. The molecule has 8 rings (SSSR count). The maximum atomic E-state index is 12.4. The molecule has 73 heavy (non-hydrogen) atoms. The standard InChI is InChI=1S/C45H40N10O13S5/c1-24-17-33(37(69-14-8-16-72(61,62)63)21-30(24)49-54-45-48-41-36(67-3)19-26-9-6-12-38(73(64,65)66)39(26)42(41)70-45)52-50-31-20-35(68-13-7-15-71(58,59)60)32(18-27(31)23-56)51-53-40-25(2)28(22-46)43-47-29-10-4-5-11-34(29)55(43)44(40)57/h4-6,9-12,17-21,56-57H,7-8,13-16,23H2,1-3H3,(H,58,59,60)(H,61,62,63)(H,64,65,66). The lowest BCUT2D eigenvalue weighted by molar-refractivity contribution is 0.281. The summed E-state index contributed by atoms with van der Waals surface area (Å²) in [5, 5.41) is 59.4. The maximum absolute atomic E-state index is 12.4. The Balaban J connectivity index is 1.17. The highest BCUT2D eigenvalue weighted by molar-refractivity contribution is 7.99. The highest BCUT2D eigenvalue weighted by Gasteiger charge is 2.23. The molecule has 0 amide bonds. The molecular formula is C45H40N10O13S5. The lowest BCUT2D eigenvalue weighted by Crippen LogP contribution is -2.08. The normalized spacial score (nSPS) is 12.7. The number of nitriles is 1. The SMILES string of the molecule is COc1cc2cccc(S(=O)(=O)O)c2c2sc(N=Nc3cc(SCCCS(=O)(=O)O)c(N=Nc4cc(OCCCS(=O)(=O)O)c(N=Nc5c(C)c(C#N)c6nc7ccccc7n6c5O)cc4CO)cc3C)nc12. The van der Waals surface area contributed by atoms with Gasteiger partial charge in [0.25, 0.3) is 30.4 Å². The number of thioether (sulfide) groups is 1. The van der Waals surface area contributed by atoms with Crippen LogP contribution in [0.25, 0.3) is 37.7 Å². The topological polar surface area (TPSA) is 350 Å². The number of para-hydroxylation sites is 2. The monoisotopic (exact) mass is 1090 g/mol. The van der Waals surface area contributed by atoms with Crippen LogP contribution in [-0.4, -0.2) is 94.5 Å². The molecule has 28 heteroatoms. The van der Waals surface area contributed by atoms with E-state index in [9.17, 15) is 54.4 Å². The summed E-state index contributed by atoms with van der Waals surface area (Å²) >= 11 is 2.17. The lowest BCUT2D eigenvalue weighted by atomic mass is 10.1. The van der Waals surface area contributed by atoms with Crippen LogP contribution >= 0.6 is 23.1 Å². The highest BCUT2D eigenvalue weighted by atomic mass is 32.2. The molecule has 0 atom stereocenters. The molecule has 8 aromatic rings. The summed E-state index contributed by atoms with van der Waals surface area (Å²) in [6, 6.07) is 21.0. The van der Waals surface area contributed by atoms with Crippen LogP contribution in [0, 0.1) is 25.2 Å². The molecule has 0 aliphatic carbocycles. The van der Waals surface area contributed by atoms with E-state index in [-0.39, 0.29) is 103 Å². The molecule has 5 aromatic carbocycles. The third-order valence-corrected chi connectivity index (χ3v) is 15.5. The number of nitrogens with zero attached hydrogens (tertiary/aromatic N) is 10. The number of azo groups is 3.